The highest BCUT2D eigenvalue weighted by Crippen LogP contribution is 2.63. The van der Waals surface area contributed by atoms with Crippen LogP contribution >= 0.6 is 0 Å². The van der Waals surface area contributed by atoms with E-state index in [1.54, 1.807) is 0 Å². The minimum atomic E-state index is -0.471. The van der Waals surface area contributed by atoms with E-state index in [0.717, 1.165) is 19.4 Å². The summed E-state index contributed by atoms with van der Waals surface area (Å²) in [6, 6.07) is 21.8. The Morgan fingerprint density at radius 1 is 1.03 bits per heavy atom. The van der Waals surface area contributed by atoms with Gasteiger partial charge in [0.2, 0.25) is 0 Å². The molecule has 3 heteroatoms. The lowest BCUT2D eigenvalue weighted by molar-refractivity contribution is -0.195. The monoisotopic (exact) mass is 433 g/mol. The minimum absolute atomic E-state index is 0.0166. The van der Waals surface area contributed by atoms with E-state index in [1.165, 1.54) is 11.1 Å². The lowest BCUT2D eigenvalue weighted by atomic mass is 9.44. The van der Waals surface area contributed by atoms with Crippen molar-refractivity contribution in [1.29, 1.82) is 0 Å². The van der Waals surface area contributed by atoms with E-state index in [9.17, 15) is 4.79 Å². The molecule has 0 aromatic heterocycles. The summed E-state index contributed by atoms with van der Waals surface area (Å²) in [5.74, 6) is 0.931. The van der Waals surface area contributed by atoms with Crippen molar-refractivity contribution in [3.8, 4) is 0 Å². The zero-order valence-electron chi connectivity index (χ0n) is 20.5. The molecule has 2 bridgehead atoms. The third-order valence-electron chi connectivity index (χ3n) is 8.01. The maximum absolute atomic E-state index is 13.6. The Hall–Kier alpha value is -2.13. The Morgan fingerprint density at radius 3 is 2.19 bits per heavy atom. The van der Waals surface area contributed by atoms with Crippen molar-refractivity contribution in [1.82, 2.24) is 4.90 Å². The van der Waals surface area contributed by atoms with E-state index in [4.69, 9.17) is 4.74 Å². The average molecular weight is 434 g/mol. The Morgan fingerprint density at radius 2 is 1.62 bits per heavy atom. The van der Waals surface area contributed by atoms with Crippen LogP contribution in [-0.4, -0.2) is 22.5 Å². The normalized spacial score (nSPS) is 27.5. The number of benzene rings is 2. The molecule has 172 valence electrons. The number of carbonyl (C=O) groups is 1. The summed E-state index contributed by atoms with van der Waals surface area (Å²) >= 11 is 0. The summed E-state index contributed by atoms with van der Waals surface area (Å²) in [6.45, 7) is 13.8. The van der Waals surface area contributed by atoms with Crippen molar-refractivity contribution in [2.45, 2.75) is 78.6 Å². The third-order valence-corrected chi connectivity index (χ3v) is 8.01. The predicted molar refractivity (Wildman–Crippen MR) is 130 cm³/mol. The molecule has 0 radical (unpaired) electrons. The Kier molecular flexibility index (Phi) is 6.24. The van der Waals surface area contributed by atoms with Gasteiger partial charge >= 0.3 is 5.97 Å². The van der Waals surface area contributed by atoms with E-state index >= 15 is 0 Å². The first-order valence-corrected chi connectivity index (χ1v) is 12.2. The van der Waals surface area contributed by atoms with Gasteiger partial charge in [-0.05, 0) is 68.9 Å². The van der Waals surface area contributed by atoms with Crippen molar-refractivity contribution in [2.75, 3.05) is 0 Å². The van der Waals surface area contributed by atoms with Gasteiger partial charge in [0.15, 0.2) is 0 Å². The van der Waals surface area contributed by atoms with Gasteiger partial charge in [-0.1, -0.05) is 74.5 Å². The standard InChI is InChI=1S/C29H39NO2/c1-20(22-15-11-8-12-16-22)30(19-21-13-9-7-10-14-21)25-18-23-17-24(29(23,5)6)26(25)27(31)32-28(2,3)4/h7-16,20,23-26H,17-19H2,1-6H3/t20-,23+,24-,25-,26-/m0/s1. The second-order valence-corrected chi connectivity index (χ2v) is 11.5. The molecule has 0 unspecified atom stereocenters. The highest BCUT2D eigenvalue weighted by molar-refractivity contribution is 5.75. The van der Waals surface area contributed by atoms with Crippen molar-refractivity contribution in [3.05, 3.63) is 71.8 Å². The Balaban J connectivity index is 1.71. The summed E-state index contributed by atoms with van der Waals surface area (Å²) in [5, 5.41) is 0. The molecule has 0 aliphatic heterocycles. The molecule has 2 aromatic rings. The number of hydrogen-bond donors (Lipinski definition) is 0. The van der Waals surface area contributed by atoms with E-state index in [0.29, 0.717) is 11.8 Å². The van der Waals surface area contributed by atoms with Gasteiger partial charge in [-0.25, -0.2) is 0 Å². The Bertz CT molecular complexity index is 915. The minimum Gasteiger partial charge on any atom is -0.460 e. The Labute approximate surface area is 194 Å². The van der Waals surface area contributed by atoms with Crippen molar-refractivity contribution >= 4 is 5.97 Å². The van der Waals surface area contributed by atoms with Crippen LogP contribution in [0.2, 0.25) is 0 Å². The molecule has 5 atom stereocenters. The molecule has 0 heterocycles. The second kappa shape index (κ2) is 8.67. The van der Waals surface area contributed by atoms with Gasteiger partial charge in [0, 0.05) is 18.6 Å². The molecule has 0 N–H and O–H groups in total. The molecule has 2 aromatic carbocycles. The molecule has 3 saturated carbocycles. The summed E-state index contributed by atoms with van der Waals surface area (Å²) in [5.41, 5.74) is 2.32. The first-order chi connectivity index (χ1) is 15.1. The SMILES string of the molecule is C[C@@H](c1ccccc1)N(Cc1ccccc1)[C@H]1C[C@H]2C[C@@H]([C@@H]1C(=O)OC(C)(C)C)C2(C)C. The van der Waals surface area contributed by atoms with Gasteiger partial charge < -0.3 is 4.74 Å². The van der Waals surface area contributed by atoms with Crippen LogP contribution in [0.25, 0.3) is 0 Å². The number of rotatable bonds is 6. The van der Waals surface area contributed by atoms with Crippen LogP contribution in [0.5, 0.6) is 0 Å². The smallest absolute Gasteiger partial charge is 0.311 e. The van der Waals surface area contributed by atoms with Crippen LogP contribution in [0.3, 0.4) is 0 Å². The lowest BCUT2D eigenvalue weighted by Crippen LogP contribution is -2.64. The highest BCUT2D eigenvalue weighted by atomic mass is 16.6. The number of ether oxygens (including phenoxy) is 1. The first-order valence-electron chi connectivity index (χ1n) is 12.2. The average Bonchev–Trinajstić information content (AvgIpc) is 2.76. The van der Waals surface area contributed by atoms with Gasteiger partial charge in [-0.3, -0.25) is 9.69 Å². The van der Waals surface area contributed by atoms with E-state index in [-0.39, 0.29) is 29.4 Å². The maximum Gasteiger partial charge on any atom is 0.311 e. The van der Waals surface area contributed by atoms with Crippen molar-refractivity contribution in [2.24, 2.45) is 23.2 Å². The molecule has 3 nitrogen and oxygen atoms in total. The second-order valence-electron chi connectivity index (χ2n) is 11.5. The molecular weight excluding hydrogens is 394 g/mol. The highest BCUT2D eigenvalue weighted by Gasteiger charge is 2.61. The van der Waals surface area contributed by atoms with Crippen LogP contribution < -0.4 is 0 Å². The van der Waals surface area contributed by atoms with Gasteiger partial charge in [0.05, 0.1) is 5.92 Å². The number of esters is 1. The van der Waals surface area contributed by atoms with E-state index in [2.05, 4.69) is 86.3 Å². The topological polar surface area (TPSA) is 29.5 Å². The predicted octanol–water partition coefficient (Wildman–Crippen LogP) is 6.64. The summed E-state index contributed by atoms with van der Waals surface area (Å²) in [4.78, 5) is 16.2. The number of nitrogens with zero attached hydrogens (tertiary/aromatic N) is 1. The number of hydrogen-bond acceptors (Lipinski definition) is 3. The molecule has 3 fully saturated rings. The van der Waals surface area contributed by atoms with Crippen molar-refractivity contribution in [3.63, 3.8) is 0 Å². The van der Waals surface area contributed by atoms with Gasteiger partial charge in [0.1, 0.15) is 5.60 Å². The fourth-order valence-electron chi connectivity index (χ4n) is 6.06. The number of carbonyl (C=O) groups excluding carboxylic acids is 1. The fourth-order valence-corrected chi connectivity index (χ4v) is 6.06. The third kappa shape index (κ3) is 4.50. The van der Waals surface area contributed by atoms with E-state index in [1.807, 2.05) is 20.8 Å². The maximum atomic E-state index is 13.6. The quantitative estimate of drug-likeness (QED) is 0.478. The molecule has 3 aliphatic carbocycles. The van der Waals surface area contributed by atoms with Gasteiger partial charge in [-0.2, -0.15) is 0 Å². The van der Waals surface area contributed by atoms with Crippen LogP contribution in [0.4, 0.5) is 0 Å². The summed E-state index contributed by atoms with van der Waals surface area (Å²) in [6.07, 6.45) is 2.20. The van der Waals surface area contributed by atoms with E-state index < -0.39 is 5.60 Å². The molecule has 5 rings (SSSR count). The molecular formula is C29H39NO2. The van der Waals surface area contributed by atoms with Crippen LogP contribution in [0.1, 0.15) is 71.6 Å². The zero-order chi connectivity index (χ0) is 23.1. The molecule has 0 spiro atoms. The molecule has 0 saturated heterocycles. The summed E-state index contributed by atoms with van der Waals surface area (Å²) < 4.78 is 6.02. The summed E-state index contributed by atoms with van der Waals surface area (Å²) in [7, 11) is 0. The molecule has 32 heavy (non-hydrogen) atoms. The lowest BCUT2D eigenvalue weighted by Gasteiger charge is -2.63. The van der Waals surface area contributed by atoms with Crippen LogP contribution in [-0.2, 0) is 16.1 Å². The van der Waals surface area contributed by atoms with Crippen LogP contribution in [0.15, 0.2) is 60.7 Å². The van der Waals surface area contributed by atoms with Crippen LogP contribution in [0, 0.1) is 23.2 Å². The molecule has 3 aliphatic rings. The zero-order valence-corrected chi connectivity index (χ0v) is 20.5. The first kappa shape index (κ1) is 23.0. The fraction of sp³-hybridized carbons (Fsp3) is 0.552. The van der Waals surface area contributed by atoms with Gasteiger partial charge in [-0.15, -0.1) is 0 Å². The van der Waals surface area contributed by atoms with Crippen molar-refractivity contribution < 1.29 is 9.53 Å². The van der Waals surface area contributed by atoms with Gasteiger partial charge in [0.25, 0.3) is 0 Å². The number of fused-ring (bicyclic) bond motifs is 2. The largest absolute Gasteiger partial charge is 0.460 e. The molecule has 0 amide bonds.